The van der Waals surface area contributed by atoms with E-state index in [0.717, 1.165) is 4.57 Å². The lowest BCUT2D eigenvalue weighted by Gasteiger charge is -2.12. The number of aromatic nitrogens is 3. The first-order valence-corrected chi connectivity index (χ1v) is 16.8. The van der Waals surface area contributed by atoms with Gasteiger partial charge in [0.1, 0.15) is 0 Å². The fraction of sp³-hybridized carbons (Fsp3) is 0. The van der Waals surface area contributed by atoms with Gasteiger partial charge in [0.2, 0.25) is 0 Å². The third kappa shape index (κ3) is 4.86. The molecule has 3 nitrogen and oxygen atoms in total. The van der Waals surface area contributed by atoms with Crippen LogP contribution in [0.2, 0.25) is 0 Å². The predicted octanol–water partition coefficient (Wildman–Crippen LogP) is 14.3. The highest BCUT2D eigenvalue weighted by atomic mass is 15.0. The summed E-state index contributed by atoms with van der Waals surface area (Å²) in [5, 5.41) is -3.90. The van der Waals surface area contributed by atoms with Crippen LogP contribution in [-0.4, -0.2) is 13.7 Å². The number of para-hydroxylation sites is 4. The van der Waals surface area contributed by atoms with E-state index in [-0.39, 0.29) is 0 Å². The van der Waals surface area contributed by atoms with E-state index in [9.17, 15) is 19.2 Å². The lowest BCUT2D eigenvalue weighted by molar-refractivity contribution is 1.16. The van der Waals surface area contributed by atoms with Crippen molar-refractivity contribution in [1.29, 1.82) is 0 Å². The molecule has 0 saturated heterocycles. The second-order valence-corrected chi connectivity index (χ2v) is 12.3. The van der Waals surface area contributed by atoms with Crippen molar-refractivity contribution in [3.05, 3.63) is 211 Å². The molecule has 0 aliphatic rings. The summed E-state index contributed by atoms with van der Waals surface area (Å²) in [7, 11) is 0. The molecule has 0 aliphatic carbocycles. The van der Waals surface area contributed by atoms with Crippen LogP contribution in [0.4, 0.5) is 0 Å². The van der Waals surface area contributed by atoms with E-state index >= 15 is 0 Å². The van der Waals surface area contributed by atoms with Gasteiger partial charge >= 0.3 is 0 Å². The first kappa shape index (κ1) is 12.7. The van der Waals surface area contributed by atoms with E-state index in [4.69, 9.17) is 28.8 Å². The standard InChI is InChI=1S/C54H35N3/c1-2-14-36(15-3-1)37-16-12-17-38(32-37)39-18-13-19-40(33-39)55-51-26-10-6-22-45(51)47-35-42(29-30-53(47)55)57-52-27-11-7-23-46(52)48-34-41(28-31-54(48)57)56-49-24-8-4-20-43(49)44-21-5-9-25-50(44)56/h1-35H/i1D,2D,3D,4D,5D,6D,7D,8D,9D,10D,11D,12D,13D,14D,15D,16D,17D,18D,19D,20D,21D,22D,23D,24D,25D,26D,27D,28D,29D,30D,31D,32D,33D,34D,35D. The molecular formula is C54H35N3. The van der Waals surface area contributed by atoms with E-state index in [0.29, 0.717) is 9.13 Å². The Morgan fingerprint density at radius 3 is 1.05 bits per heavy atom. The molecule has 57 heavy (non-hydrogen) atoms. The van der Waals surface area contributed by atoms with E-state index in [1.54, 1.807) is 0 Å². The first-order chi connectivity index (χ1) is 42.9. The van der Waals surface area contributed by atoms with Gasteiger partial charge in [-0.15, -0.1) is 0 Å². The van der Waals surface area contributed by atoms with Crippen LogP contribution < -0.4 is 0 Å². The van der Waals surface area contributed by atoms with E-state index in [2.05, 4.69) is 0 Å². The smallest absolute Gasteiger partial charge is 0.0652 e. The van der Waals surface area contributed by atoms with Crippen LogP contribution in [-0.2, 0) is 0 Å². The molecule has 0 radical (unpaired) electrons. The van der Waals surface area contributed by atoms with Crippen LogP contribution in [0.15, 0.2) is 211 Å². The van der Waals surface area contributed by atoms with Crippen molar-refractivity contribution in [3.8, 4) is 39.3 Å². The van der Waals surface area contributed by atoms with Crippen molar-refractivity contribution in [2.75, 3.05) is 0 Å². The van der Waals surface area contributed by atoms with Gasteiger partial charge in [-0.3, -0.25) is 0 Å². The number of hydrogen-bond acceptors (Lipinski definition) is 0. The SMILES string of the molecule is [2H]c1c([2H])c([2H])c(-c2c([2H])c([2H])c([2H])c(-c3c([2H])c([2H])c([2H])c(-n4c5c([2H])c([2H])c([2H])c([2H])c5c5c([2H])c(-n6c7c([2H])c([2H])c([2H])c([2H])c7c7c([2H])c(-n8c9c([2H])c([2H])c([2H])c([2H])c9c9c([2H])c([2H])c([2H])c([2H])c98)c([2H])c([2H])c76)c([2H])c([2H])c54)c3[2H])c2[2H])c([2H])c1[2H]. The Morgan fingerprint density at radius 2 is 0.561 bits per heavy atom. The molecular weight excluding hydrogens is 691 g/mol. The van der Waals surface area contributed by atoms with Crippen molar-refractivity contribution in [2.24, 2.45) is 0 Å². The normalized spacial score (nSPS) is 20.5. The minimum atomic E-state index is -1.18. The second-order valence-electron chi connectivity index (χ2n) is 12.3. The molecule has 0 bridgehead atoms. The van der Waals surface area contributed by atoms with Crippen molar-refractivity contribution in [2.45, 2.75) is 0 Å². The topological polar surface area (TPSA) is 14.8 Å². The minimum Gasteiger partial charge on any atom is -0.309 e. The van der Waals surface area contributed by atoms with E-state index < -0.39 is 316 Å². The van der Waals surface area contributed by atoms with Crippen LogP contribution >= 0.6 is 0 Å². The van der Waals surface area contributed by atoms with Crippen molar-refractivity contribution < 1.29 is 48.0 Å². The molecule has 3 heterocycles. The molecule has 266 valence electrons. The molecule has 0 N–H and O–H groups in total. The molecule has 0 amide bonds. The summed E-state index contributed by atoms with van der Waals surface area (Å²) in [6.45, 7) is 0. The van der Waals surface area contributed by atoms with Gasteiger partial charge in [0.15, 0.2) is 0 Å². The van der Waals surface area contributed by atoms with Crippen molar-refractivity contribution >= 4 is 65.4 Å². The lowest BCUT2D eigenvalue weighted by Crippen LogP contribution is -1.97. The monoisotopic (exact) mass is 761 g/mol. The second kappa shape index (κ2) is 12.5. The van der Waals surface area contributed by atoms with Gasteiger partial charge in [0, 0.05) is 49.4 Å². The van der Waals surface area contributed by atoms with Crippen LogP contribution in [0.25, 0.3) is 105 Å². The third-order valence-corrected chi connectivity index (χ3v) is 9.23. The molecule has 3 heteroatoms. The maximum absolute atomic E-state index is 10.2. The fourth-order valence-corrected chi connectivity index (χ4v) is 6.86. The number of rotatable bonds is 5. The quantitative estimate of drug-likeness (QED) is 0.166. The molecule has 12 rings (SSSR count). The number of fused-ring (bicyclic) bond motifs is 9. The highest BCUT2D eigenvalue weighted by Crippen LogP contribution is 2.39. The van der Waals surface area contributed by atoms with Crippen LogP contribution in [0.3, 0.4) is 0 Å². The Balaban J connectivity index is 1.27. The Labute approximate surface area is 378 Å². The van der Waals surface area contributed by atoms with Gasteiger partial charge in [-0.1, -0.05) is 133 Å². The van der Waals surface area contributed by atoms with Gasteiger partial charge in [0.05, 0.1) is 81.1 Å². The summed E-state index contributed by atoms with van der Waals surface area (Å²) in [5.74, 6) is 0. The fourth-order valence-electron chi connectivity index (χ4n) is 6.86. The van der Waals surface area contributed by atoms with Crippen molar-refractivity contribution in [1.82, 2.24) is 13.7 Å². The first-order valence-electron chi connectivity index (χ1n) is 34.3. The van der Waals surface area contributed by atoms with Gasteiger partial charge in [-0.2, -0.15) is 0 Å². The average Bonchev–Trinajstić information content (AvgIpc) is 1.51. The molecule has 9 aromatic carbocycles. The number of nitrogens with zero attached hydrogens (tertiary/aromatic N) is 3. The van der Waals surface area contributed by atoms with Crippen LogP contribution in [0, 0.1) is 0 Å². The van der Waals surface area contributed by atoms with E-state index in [1.165, 1.54) is 0 Å². The predicted molar refractivity (Wildman–Crippen MR) is 240 cm³/mol. The maximum atomic E-state index is 10.2. The van der Waals surface area contributed by atoms with Crippen LogP contribution in [0.1, 0.15) is 48.0 Å². The zero-order chi connectivity index (χ0) is 67.9. The Hall–Kier alpha value is -7.62. The van der Waals surface area contributed by atoms with Crippen molar-refractivity contribution in [3.63, 3.8) is 0 Å². The lowest BCUT2D eigenvalue weighted by atomic mass is 9.99. The Bertz CT molecular complexity index is 5480. The highest BCUT2D eigenvalue weighted by Gasteiger charge is 2.19. The Morgan fingerprint density at radius 1 is 0.228 bits per heavy atom. The zero-order valence-electron chi connectivity index (χ0n) is 63.3. The molecule has 0 spiro atoms. The molecule has 0 unspecified atom stereocenters. The molecule has 3 aromatic heterocycles. The summed E-state index contributed by atoms with van der Waals surface area (Å²) in [6, 6.07) is -35.1. The molecule has 0 saturated carbocycles. The zero-order valence-corrected chi connectivity index (χ0v) is 28.3. The molecule has 12 aromatic rings. The Kier molecular flexibility index (Phi) is 2.78. The summed E-state index contributed by atoms with van der Waals surface area (Å²) in [4.78, 5) is 0. The summed E-state index contributed by atoms with van der Waals surface area (Å²) >= 11 is 0. The summed E-state index contributed by atoms with van der Waals surface area (Å²) < 4.78 is 321. The highest BCUT2D eigenvalue weighted by molar-refractivity contribution is 6.14. The summed E-state index contributed by atoms with van der Waals surface area (Å²) in [5.41, 5.74) is -10.8. The van der Waals surface area contributed by atoms with Gasteiger partial charge in [-0.25, -0.2) is 0 Å². The van der Waals surface area contributed by atoms with Crippen LogP contribution in [0.5, 0.6) is 0 Å². The number of hydrogen-bond donors (Lipinski definition) is 0. The maximum Gasteiger partial charge on any atom is 0.0652 e. The molecule has 0 atom stereocenters. The molecule has 0 aliphatic heterocycles. The van der Waals surface area contributed by atoms with Gasteiger partial charge in [0.25, 0.3) is 0 Å². The molecule has 0 fully saturated rings. The minimum absolute atomic E-state index is 0.506. The third-order valence-electron chi connectivity index (χ3n) is 9.23. The average molecular weight is 761 g/mol. The van der Waals surface area contributed by atoms with E-state index in [1.807, 2.05) is 0 Å². The van der Waals surface area contributed by atoms with Gasteiger partial charge < -0.3 is 13.7 Å². The number of benzene rings is 9. The summed E-state index contributed by atoms with van der Waals surface area (Å²) in [6.07, 6.45) is 0. The largest absolute Gasteiger partial charge is 0.309 e. The van der Waals surface area contributed by atoms with Gasteiger partial charge in [-0.05, 0) is 101 Å².